The minimum Gasteiger partial charge on any atom is -0.363 e. The number of para-hydroxylation sites is 1. The summed E-state index contributed by atoms with van der Waals surface area (Å²) in [5, 5.41) is 0. The maximum atomic E-state index is 12.6. The molecular weight excluding hydrogens is 340 g/mol. The van der Waals surface area contributed by atoms with E-state index in [4.69, 9.17) is 4.74 Å². The van der Waals surface area contributed by atoms with Crippen LogP contribution in [0.3, 0.4) is 0 Å². The van der Waals surface area contributed by atoms with Crippen LogP contribution in [0.2, 0.25) is 0 Å². The highest BCUT2D eigenvalue weighted by atomic mass is 16.5. The molecule has 2 aliphatic heterocycles. The predicted octanol–water partition coefficient (Wildman–Crippen LogP) is 3.38. The van der Waals surface area contributed by atoms with Crippen LogP contribution in [0.25, 0.3) is 0 Å². The second-order valence-corrected chi connectivity index (χ2v) is 8.36. The van der Waals surface area contributed by atoms with Gasteiger partial charge in [-0.25, -0.2) is 0 Å². The molecule has 0 atom stereocenters. The number of nitrogens with zero attached hydrogens (tertiary/aromatic N) is 2. The van der Waals surface area contributed by atoms with Gasteiger partial charge in [0.25, 0.3) is 5.91 Å². The van der Waals surface area contributed by atoms with Gasteiger partial charge in [-0.15, -0.1) is 0 Å². The van der Waals surface area contributed by atoms with Crippen molar-refractivity contribution >= 4 is 17.5 Å². The lowest BCUT2D eigenvalue weighted by Crippen LogP contribution is -2.59. The fourth-order valence-corrected chi connectivity index (χ4v) is 4.81. The molecule has 2 heterocycles. The molecule has 0 N–H and O–H groups in total. The van der Waals surface area contributed by atoms with Crippen LogP contribution in [-0.2, 0) is 14.3 Å². The van der Waals surface area contributed by atoms with Crippen molar-refractivity contribution in [1.82, 2.24) is 4.90 Å². The number of carbonyl (C=O) groups is 2. The summed E-state index contributed by atoms with van der Waals surface area (Å²) >= 11 is 0. The van der Waals surface area contributed by atoms with Gasteiger partial charge in [-0.3, -0.25) is 9.59 Å². The summed E-state index contributed by atoms with van der Waals surface area (Å²) in [4.78, 5) is 28.8. The molecular formula is C22H30N2O3. The molecule has 5 heteroatoms. The molecule has 3 fully saturated rings. The first-order chi connectivity index (χ1) is 13.2. The van der Waals surface area contributed by atoms with Crippen LogP contribution < -0.4 is 4.90 Å². The number of amides is 2. The molecule has 0 radical (unpaired) electrons. The average Bonchev–Trinajstić information content (AvgIpc) is 3.23. The van der Waals surface area contributed by atoms with Gasteiger partial charge in [0.05, 0.1) is 12.1 Å². The number of likely N-dealkylation sites (tertiary alicyclic amines) is 1. The summed E-state index contributed by atoms with van der Waals surface area (Å²) < 4.78 is 6.01. The molecule has 4 rings (SSSR count). The first-order valence-electron chi connectivity index (χ1n) is 10.4. The maximum absolute atomic E-state index is 12.6. The Balaban J connectivity index is 1.32. The summed E-state index contributed by atoms with van der Waals surface area (Å²) in [6.45, 7) is 2.19. The Morgan fingerprint density at radius 3 is 2.52 bits per heavy atom. The van der Waals surface area contributed by atoms with E-state index in [2.05, 4.69) is 0 Å². The Labute approximate surface area is 161 Å². The van der Waals surface area contributed by atoms with Crippen molar-refractivity contribution in [3.05, 3.63) is 30.3 Å². The number of ether oxygens (including phenoxy) is 1. The highest BCUT2D eigenvalue weighted by Gasteiger charge is 2.43. The van der Waals surface area contributed by atoms with E-state index < -0.39 is 0 Å². The fraction of sp³-hybridized carbons (Fsp3) is 0.636. The third-order valence-corrected chi connectivity index (χ3v) is 6.59. The lowest BCUT2D eigenvalue weighted by atomic mass is 9.88. The number of piperidine rings is 1. The summed E-state index contributed by atoms with van der Waals surface area (Å²) in [5.41, 5.74) is 0.617. The smallest absolute Gasteiger partial charge is 0.253 e. The Morgan fingerprint density at radius 1 is 1.11 bits per heavy atom. The molecule has 1 aromatic carbocycles. The summed E-state index contributed by atoms with van der Waals surface area (Å²) in [7, 11) is 0. The Bertz CT molecular complexity index is 661. The lowest BCUT2D eigenvalue weighted by molar-refractivity contribution is -0.150. The van der Waals surface area contributed by atoms with Crippen molar-refractivity contribution in [1.29, 1.82) is 0 Å². The van der Waals surface area contributed by atoms with Crippen molar-refractivity contribution in [2.75, 3.05) is 31.1 Å². The van der Waals surface area contributed by atoms with Crippen molar-refractivity contribution in [3.8, 4) is 0 Å². The van der Waals surface area contributed by atoms with Crippen molar-refractivity contribution in [2.24, 2.45) is 5.92 Å². The van der Waals surface area contributed by atoms with Gasteiger partial charge in [0.2, 0.25) is 5.91 Å². The third kappa shape index (κ3) is 4.18. The van der Waals surface area contributed by atoms with Crippen LogP contribution in [0, 0.1) is 5.92 Å². The van der Waals surface area contributed by atoms with Gasteiger partial charge >= 0.3 is 0 Å². The Hall–Kier alpha value is -1.88. The largest absolute Gasteiger partial charge is 0.363 e. The molecule has 0 bridgehead atoms. The number of hydrogen-bond donors (Lipinski definition) is 0. The highest BCUT2D eigenvalue weighted by Crippen LogP contribution is 2.33. The van der Waals surface area contributed by atoms with Crippen LogP contribution in [-0.4, -0.2) is 48.6 Å². The van der Waals surface area contributed by atoms with Gasteiger partial charge in [-0.1, -0.05) is 43.9 Å². The minimum atomic E-state index is -0.314. The molecule has 5 nitrogen and oxygen atoms in total. The molecule has 1 saturated carbocycles. The average molecular weight is 370 g/mol. The van der Waals surface area contributed by atoms with Crippen LogP contribution in [0.5, 0.6) is 0 Å². The summed E-state index contributed by atoms with van der Waals surface area (Å²) in [6.07, 6.45) is 8.61. The summed E-state index contributed by atoms with van der Waals surface area (Å²) in [5.74, 6) is 1.07. The molecule has 1 aliphatic carbocycles. The maximum Gasteiger partial charge on any atom is 0.253 e. The molecule has 2 amide bonds. The van der Waals surface area contributed by atoms with E-state index in [1.165, 1.54) is 25.7 Å². The molecule has 0 unspecified atom stereocenters. The van der Waals surface area contributed by atoms with E-state index >= 15 is 0 Å². The fourth-order valence-electron chi connectivity index (χ4n) is 4.81. The zero-order valence-electron chi connectivity index (χ0n) is 16.1. The molecule has 2 saturated heterocycles. The lowest BCUT2D eigenvalue weighted by Gasteiger charge is -2.47. The highest BCUT2D eigenvalue weighted by molar-refractivity contribution is 5.95. The first kappa shape index (κ1) is 18.5. The van der Waals surface area contributed by atoms with E-state index in [1.807, 2.05) is 40.1 Å². The monoisotopic (exact) mass is 370 g/mol. The standard InChI is InChI=1S/C22H30N2O3/c25-20(11-10-18-6-4-5-7-18)23-14-12-22(13-15-23)17-24(21(26)16-27-22)19-8-2-1-3-9-19/h1-3,8-9,18H,4-7,10-17H2. The van der Waals surface area contributed by atoms with Crippen LogP contribution in [0.4, 0.5) is 5.69 Å². The predicted molar refractivity (Wildman–Crippen MR) is 104 cm³/mol. The van der Waals surface area contributed by atoms with Gasteiger partial charge in [-0.05, 0) is 37.3 Å². The Kier molecular flexibility index (Phi) is 5.48. The van der Waals surface area contributed by atoms with Crippen LogP contribution in [0.15, 0.2) is 30.3 Å². The van der Waals surface area contributed by atoms with Gasteiger partial charge < -0.3 is 14.5 Å². The topological polar surface area (TPSA) is 49.9 Å². The molecule has 0 aromatic heterocycles. The van der Waals surface area contributed by atoms with E-state index in [0.29, 0.717) is 18.9 Å². The second-order valence-electron chi connectivity index (χ2n) is 8.36. The normalized spacial score (nSPS) is 23.2. The van der Waals surface area contributed by atoms with Crippen molar-refractivity contribution in [3.63, 3.8) is 0 Å². The van der Waals surface area contributed by atoms with Crippen LogP contribution >= 0.6 is 0 Å². The number of anilines is 1. The zero-order chi connectivity index (χ0) is 18.7. The van der Waals surface area contributed by atoms with E-state index in [-0.39, 0.29) is 18.1 Å². The molecule has 27 heavy (non-hydrogen) atoms. The number of hydrogen-bond acceptors (Lipinski definition) is 3. The number of rotatable bonds is 4. The van der Waals surface area contributed by atoms with E-state index in [9.17, 15) is 9.59 Å². The Morgan fingerprint density at radius 2 is 1.81 bits per heavy atom. The van der Waals surface area contributed by atoms with Crippen molar-refractivity contribution < 1.29 is 14.3 Å². The summed E-state index contributed by atoms with van der Waals surface area (Å²) in [6, 6.07) is 9.81. The van der Waals surface area contributed by atoms with Crippen molar-refractivity contribution in [2.45, 2.75) is 57.0 Å². The number of benzene rings is 1. The van der Waals surface area contributed by atoms with Gasteiger partial charge in [0.15, 0.2) is 0 Å². The van der Waals surface area contributed by atoms with Crippen LogP contribution in [0.1, 0.15) is 51.4 Å². The third-order valence-electron chi connectivity index (χ3n) is 6.59. The van der Waals surface area contributed by atoms with Gasteiger partial charge in [-0.2, -0.15) is 0 Å². The first-order valence-corrected chi connectivity index (χ1v) is 10.4. The van der Waals surface area contributed by atoms with E-state index in [0.717, 1.165) is 44.0 Å². The molecule has 3 aliphatic rings. The van der Waals surface area contributed by atoms with E-state index in [1.54, 1.807) is 0 Å². The SMILES string of the molecule is O=C(CCC1CCCC1)N1CCC2(CC1)CN(c1ccccc1)C(=O)CO2. The minimum absolute atomic E-state index is 0.0156. The number of carbonyl (C=O) groups excluding carboxylic acids is 2. The molecule has 1 spiro atoms. The van der Waals surface area contributed by atoms with Gasteiger partial charge in [0, 0.05) is 25.2 Å². The van der Waals surface area contributed by atoms with Gasteiger partial charge in [0.1, 0.15) is 6.61 Å². The zero-order valence-corrected chi connectivity index (χ0v) is 16.1. The second kappa shape index (κ2) is 8.01. The molecule has 1 aromatic rings. The number of morpholine rings is 1. The quantitative estimate of drug-likeness (QED) is 0.816. The molecule has 146 valence electrons.